The molecule has 94 valence electrons. The zero-order chi connectivity index (χ0) is 12.0. The lowest BCUT2D eigenvalue weighted by Crippen LogP contribution is -2.36. The highest BCUT2D eigenvalue weighted by Crippen LogP contribution is 2.31. The van der Waals surface area contributed by atoms with E-state index in [1.165, 1.54) is 45.2 Å². The Bertz CT molecular complexity index is 190. The fraction of sp³-hybridized carbons (Fsp3) is 0.867. The van der Waals surface area contributed by atoms with Crippen LogP contribution in [0.2, 0.25) is 0 Å². The van der Waals surface area contributed by atoms with Gasteiger partial charge < -0.3 is 4.90 Å². The van der Waals surface area contributed by atoms with Gasteiger partial charge in [-0.2, -0.15) is 0 Å². The summed E-state index contributed by atoms with van der Waals surface area (Å²) in [6.07, 6.45) is 9.04. The molecule has 1 aliphatic carbocycles. The first-order valence-corrected chi connectivity index (χ1v) is 7.02. The van der Waals surface area contributed by atoms with Crippen molar-refractivity contribution in [3.8, 4) is 0 Å². The largest absolute Gasteiger partial charge is 0.301 e. The van der Waals surface area contributed by atoms with Gasteiger partial charge in [-0.25, -0.2) is 0 Å². The number of hydrogen-bond acceptors (Lipinski definition) is 1. The molecule has 0 aliphatic heterocycles. The predicted octanol–water partition coefficient (Wildman–Crippen LogP) is 4.10. The van der Waals surface area contributed by atoms with Gasteiger partial charge in [0.25, 0.3) is 0 Å². The Kier molecular flexibility index (Phi) is 6.12. The standard InChI is InChI=1S/C15H29N/c1-5-7-14-8-10-15(11-9-14)12-16(6-2)13(3)4/h5,13-15H,1,6-12H2,2-4H3. The second kappa shape index (κ2) is 7.11. The van der Waals surface area contributed by atoms with Gasteiger partial charge in [-0.05, 0) is 64.3 Å². The molecule has 0 unspecified atom stereocenters. The normalized spacial score (nSPS) is 26.3. The lowest BCUT2D eigenvalue weighted by atomic mass is 9.80. The third kappa shape index (κ3) is 4.29. The van der Waals surface area contributed by atoms with Crippen molar-refractivity contribution in [2.24, 2.45) is 11.8 Å². The minimum Gasteiger partial charge on any atom is -0.301 e. The van der Waals surface area contributed by atoms with Crippen molar-refractivity contribution in [1.29, 1.82) is 0 Å². The molecule has 0 spiro atoms. The molecule has 1 nitrogen and oxygen atoms in total. The van der Waals surface area contributed by atoms with Gasteiger partial charge in [0.2, 0.25) is 0 Å². The highest BCUT2D eigenvalue weighted by molar-refractivity contribution is 4.80. The quantitative estimate of drug-likeness (QED) is 0.613. The first kappa shape index (κ1) is 13.8. The van der Waals surface area contributed by atoms with Gasteiger partial charge in [-0.3, -0.25) is 0 Å². The van der Waals surface area contributed by atoms with E-state index in [2.05, 4.69) is 38.3 Å². The molecule has 1 aliphatic rings. The van der Waals surface area contributed by atoms with Crippen LogP contribution in [-0.2, 0) is 0 Å². The van der Waals surface area contributed by atoms with Gasteiger partial charge in [0.05, 0.1) is 0 Å². The Morgan fingerprint density at radius 1 is 1.19 bits per heavy atom. The smallest absolute Gasteiger partial charge is 0.00385 e. The SMILES string of the molecule is C=CCC1CCC(CN(CC)C(C)C)CC1. The molecule has 0 amide bonds. The Morgan fingerprint density at radius 2 is 1.75 bits per heavy atom. The number of nitrogens with zero attached hydrogens (tertiary/aromatic N) is 1. The van der Waals surface area contributed by atoms with Gasteiger partial charge in [-0.15, -0.1) is 6.58 Å². The average Bonchev–Trinajstić information content (AvgIpc) is 2.28. The molecule has 0 atom stereocenters. The number of rotatable bonds is 6. The fourth-order valence-electron chi connectivity index (χ4n) is 2.92. The van der Waals surface area contributed by atoms with Crippen LogP contribution < -0.4 is 0 Å². The van der Waals surface area contributed by atoms with Crippen molar-refractivity contribution in [2.45, 2.75) is 58.9 Å². The van der Waals surface area contributed by atoms with Gasteiger partial charge in [0.15, 0.2) is 0 Å². The Labute approximate surface area is 102 Å². The van der Waals surface area contributed by atoms with Crippen molar-refractivity contribution in [3.63, 3.8) is 0 Å². The lowest BCUT2D eigenvalue weighted by molar-refractivity contribution is 0.158. The maximum absolute atomic E-state index is 3.85. The summed E-state index contributed by atoms with van der Waals surface area (Å²) < 4.78 is 0. The molecular formula is C15H29N. The molecule has 0 aromatic rings. The zero-order valence-corrected chi connectivity index (χ0v) is 11.4. The van der Waals surface area contributed by atoms with E-state index in [9.17, 15) is 0 Å². The highest BCUT2D eigenvalue weighted by atomic mass is 15.1. The maximum Gasteiger partial charge on any atom is 0.00385 e. The molecule has 0 bridgehead atoms. The van der Waals surface area contributed by atoms with Gasteiger partial charge >= 0.3 is 0 Å². The van der Waals surface area contributed by atoms with E-state index in [0.29, 0.717) is 6.04 Å². The van der Waals surface area contributed by atoms with Crippen LogP contribution in [0.4, 0.5) is 0 Å². The Hall–Kier alpha value is -0.300. The number of hydrogen-bond donors (Lipinski definition) is 0. The van der Waals surface area contributed by atoms with E-state index in [-0.39, 0.29) is 0 Å². The molecule has 0 heterocycles. The molecule has 0 radical (unpaired) electrons. The molecular weight excluding hydrogens is 194 g/mol. The predicted molar refractivity (Wildman–Crippen MR) is 72.6 cm³/mol. The van der Waals surface area contributed by atoms with E-state index < -0.39 is 0 Å². The molecule has 1 fully saturated rings. The van der Waals surface area contributed by atoms with Crippen LogP contribution in [0.1, 0.15) is 52.9 Å². The molecule has 1 rings (SSSR count). The van der Waals surface area contributed by atoms with Gasteiger partial charge in [0, 0.05) is 12.6 Å². The minimum absolute atomic E-state index is 0.705. The average molecular weight is 223 g/mol. The highest BCUT2D eigenvalue weighted by Gasteiger charge is 2.22. The Morgan fingerprint density at radius 3 is 2.19 bits per heavy atom. The Balaban J connectivity index is 2.28. The fourth-order valence-corrected chi connectivity index (χ4v) is 2.92. The van der Waals surface area contributed by atoms with Crippen molar-refractivity contribution in [1.82, 2.24) is 4.90 Å². The van der Waals surface area contributed by atoms with E-state index in [4.69, 9.17) is 0 Å². The van der Waals surface area contributed by atoms with E-state index in [1.807, 2.05) is 0 Å². The van der Waals surface area contributed by atoms with Crippen molar-refractivity contribution >= 4 is 0 Å². The summed E-state index contributed by atoms with van der Waals surface area (Å²) in [6, 6.07) is 0.705. The summed E-state index contributed by atoms with van der Waals surface area (Å²) in [6.45, 7) is 13.3. The van der Waals surface area contributed by atoms with Gasteiger partial charge in [-0.1, -0.05) is 13.0 Å². The van der Waals surface area contributed by atoms with Crippen molar-refractivity contribution in [2.75, 3.05) is 13.1 Å². The molecule has 0 aromatic carbocycles. The summed E-state index contributed by atoms with van der Waals surface area (Å²) in [5.74, 6) is 1.88. The molecule has 0 N–H and O–H groups in total. The van der Waals surface area contributed by atoms with E-state index in [0.717, 1.165) is 11.8 Å². The van der Waals surface area contributed by atoms with Crippen LogP contribution in [0.3, 0.4) is 0 Å². The third-order valence-corrected chi connectivity index (χ3v) is 4.10. The van der Waals surface area contributed by atoms with Crippen LogP contribution in [0, 0.1) is 11.8 Å². The first-order valence-electron chi connectivity index (χ1n) is 7.02. The third-order valence-electron chi connectivity index (χ3n) is 4.10. The van der Waals surface area contributed by atoms with Crippen molar-refractivity contribution < 1.29 is 0 Å². The van der Waals surface area contributed by atoms with Crippen LogP contribution in [0.25, 0.3) is 0 Å². The second-order valence-electron chi connectivity index (χ2n) is 5.59. The summed E-state index contributed by atoms with van der Waals surface area (Å²) >= 11 is 0. The lowest BCUT2D eigenvalue weighted by Gasteiger charge is -2.33. The monoisotopic (exact) mass is 223 g/mol. The van der Waals surface area contributed by atoms with E-state index >= 15 is 0 Å². The molecule has 1 saturated carbocycles. The second-order valence-corrected chi connectivity index (χ2v) is 5.59. The minimum atomic E-state index is 0.705. The maximum atomic E-state index is 3.85. The van der Waals surface area contributed by atoms with Crippen LogP contribution in [-0.4, -0.2) is 24.0 Å². The van der Waals surface area contributed by atoms with Crippen molar-refractivity contribution in [3.05, 3.63) is 12.7 Å². The van der Waals surface area contributed by atoms with Crippen LogP contribution >= 0.6 is 0 Å². The molecule has 1 heteroatoms. The summed E-state index contributed by atoms with van der Waals surface area (Å²) in [4.78, 5) is 2.61. The molecule has 16 heavy (non-hydrogen) atoms. The summed E-state index contributed by atoms with van der Waals surface area (Å²) in [7, 11) is 0. The molecule has 0 aromatic heterocycles. The van der Waals surface area contributed by atoms with Gasteiger partial charge in [0.1, 0.15) is 0 Å². The number of allylic oxidation sites excluding steroid dienone is 1. The summed E-state index contributed by atoms with van der Waals surface area (Å²) in [5.41, 5.74) is 0. The zero-order valence-electron chi connectivity index (χ0n) is 11.4. The topological polar surface area (TPSA) is 3.24 Å². The van der Waals surface area contributed by atoms with E-state index in [1.54, 1.807) is 0 Å². The first-order chi connectivity index (χ1) is 7.67. The van der Waals surface area contributed by atoms with Crippen LogP contribution in [0.15, 0.2) is 12.7 Å². The summed E-state index contributed by atoms with van der Waals surface area (Å²) in [5, 5.41) is 0. The molecule has 0 saturated heterocycles. The van der Waals surface area contributed by atoms with Crippen LogP contribution in [0.5, 0.6) is 0 Å².